The highest BCUT2D eigenvalue weighted by Crippen LogP contribution is 2.32. The van der Waals surface area contributed by atoms with Crippen LogP contribution in [0.5, 0.6) is 0 Å². The quantitative estimate of drug-likeness (QED) is 0.902. The summed E-state index contributed by atoms with van der Waals surface area (Å²) in [7, 11) is -3.59. The first-order valence-electron chi connectivity index (χ1n) is 8.03. The van der Waals surface area contributed by atoms with Crippen molar-refractivity contribution in [2.75, 3.05) is 13.1 Å². The number of nitrogens with two attached hydrogens (primary N) is 1. The zero-order valence-corrected chi connectivity index (χ0v) is 15.6. The van der Waals surface area contributed by atoms with Crippen LogP contribution in [0.2, 0.25) is 0 Å². The number of nitrogens with zero attached hydrogens (tertiary/aromatic N) is 2. The summed E-state index contributed by atoms with van der Waals surface area (Å²) in [4.78, 5) is 4.68. The minimum Gasteiger partial charge on any atom is -0.329 e. The van der Waals surface area contributed by atoms with Crippen molar-refractivity contribution in [3.63, 3.8) is 0 Å². The van der Waals surface area contributed by atoms with Crippen LogP contribution in [0.4, 0.5) is 0 Å². The van der Waals surface area contributed by atoms with E-state index in [0.29, 0.717) is 23.4 Å². The maximum Gasteiger partial charge on any atom is 0.244 e. The molecule has 1 fully saturated rings. The summed E-state index contributed by atoms with van der Waals surface area (Å²) in [6.07, 6.45) is 3.58. The molecule has 1 aliphatic heterocycles. The van der Waals surface area contributed by atoms with Gasteiger partial charge in [-0.2, -0.15) is 4.31 Å². The van der Waals surface area contributed by atoms with Crippen LogP contribution in [-0.2, 0) is 10.0 Å². The lowest BCUT2D eigenvalue weighted by Gasteiger charge is -2.38. The van der Waals surface area contributed by atoms with E-state index in [2.05, 4.69) is 11.9 Å². The predicted molar refractivity (Wildman–Crippen MR) is 98.9 cm³/mol. The second kappa shape index (κ2) is 7.35. The molecule has 2 unspecified atom stereocenters. The summed E-state index contributed by atoms with van der Waals surface area (Å²) in [6, 6.07) is 6.99. The Balaban J connectivity index is 0.00000208. The van der Waals surface area contributed by atoms with Gasteiger partial charge in [-0.1, -0.05) is 13.0 Å². The minimum absolute atomic E-state index is 0. The van der Waals surface area contributed by atoms with Crippen LogP contribution in [0.25, 0.3) is 10.9 Å². The number of rotatable bonds is 3. The highest BCUT2D eigenvalue weighted by Gasteiger charge is 2.37. The van der Waals surface area contributed by atoms with Gasteiger partial charge in [-0.25, -0.2) is 8.42 Å². The maximum atomic E-state index is 13.3. The number of sulfonamides is 1. The molecule has 0 aliphatic carbocycles. The Morgan fingerprint density at radius 2 is 2.08 bits per heavy atom. The molecule has 0 saturated carbocycles. The van der Waals surface area contributed by atoms with E-state index in [1.807, 2.05) is 19.1 Å². The van der Waals surface area contributed by atoms with Gasteiger partial charge in [-0.15, -0.1) is 12.4 Å². The van der Waals surface area contributed by atoms with Crippen LogP contribution in [0.1, 0.15) is 25.3 Å². The molecule has 1 aliphatic rings. The smallest absolute Gasteiger partial charge is 0.244 e. The van der Waals surface area contributed by atoms with E-state index in [9.17, 15) is 8.42 Å². The predicted octanol–water partition coefficient (Wildman–Crippen LogP) is 2.71. The van der Waals surface area contributed by atoms with E-state index in [4.69, 9.17) is 5.73 Å². The summed E-state index contributed by atoms with van der Waals surface area (Å²) in [5.41, 5.74) is 7.59. The van der Waals surface area contributed by atoms with Crippen LogP contribution in [0.15, 0.2) is 35.4 Å². The highest BCUT2D eigenvalue weighted by atomic mass is 35.5. The molecule has 1 aromatic carbocycles. The summed E-state index contributed by atoms with van der Waals surface area (Å²) >= 11 is 0. The molecule has 2 atom stereocenters. The third-order valence-corrected chi connectivity index (χ3v) is 6.81. The number of aromatic nitrogens is 1. The second-order valence-electron chi connectivity index (χ2n) is 6.32. The van der Waals surface area contributed by atoms with Gasteiger partial charge >= 0.3 is 0 Å². The van der Waals surface area contributed by atoms with Gasteiger partial charge in [0.25, 0.3) is 0 Å². The molecule has 1 saturated heterocycles. The van der Waals surface area contributed by atoms with Crippen LogP contribution in [0.3, 0.4) is 0 Å². The SMILES string of the molecule is Cc1ccc(S(=O)(=O)N2CCCC(C)C2CN)c2cccnc12.Cl. The molecule has 0 bridgehead atoms. The molecule has 1 aromatic heterocycles. The van der Waals surface area contributed by atoms with Gasteiger partial charge in [0.05, 0.1) is 10.4 Å². The van der Waals surface area contributed by atoms with E-state index in [1.165, 1.54) is 0 Å². The van der Waals surface area contributed by atoms with E-state index < -0.39 is 10.0 Å². The van der Waals surface area contributed by atoms with Crippen molar-refractivity contribution in [3.8, 4) is 0 Å². The molecule has 0 radical (unpaired) electrons. The molecule has 0 amide bonds. The van der Waals surface area contributed by atoms with Crippen LogP contribution in [0, 0.1) is 12.8 Å². The minimum atomic E-state index is -3.59. The van der Waals surface area contributed by atoms with Gasteiger partial charge < -0.3 is 5.73 Å². The van der Waals surface area contributed by atoms with Crippen molar-refractivity contribution in [3.05, 3.63) is 36.0 Å². The lowest BCUT2D eigenvalue weighted by atomic mass is 9.93. The highest BCUT2D eigenvalue weighted by molar-refractivity contribution is 7.89. The number of piperidine rings is 1. The zero-order chi connectivity index (χ0) is 16.6. The Labute approximate surface area is 149 Å². The second-order valence-corrected chi connectivity index (χ2v) is 8.18. The van der Waals surface area contributed by atoms with Gasteiger partial charge in [-0.05, 0) is 49.4 Å². The van der Waals surface area contributed by atoms with Gasteiger partial charge in [0.15, 0.2) is 0 Å². The summed E-state index contributed by atoms with van der Waals surface area (Å²) < 4.78 is 28.1. The fraction of sp³-hybridized carbons (Fsp3) is 0.471. The topological polar surface area (TPSA) is 76.3 Å². The Bertz CT molecular complexity index is 826. The van der Waals surface area contributed by atoms with E-state index in [1.54, 1.807) is 22.6 Å². The molecule has 5 nitrogen and oxygen atoms in total. The molecule has 132 valence electrons. The van der Waals surface area contributed by atoms with Crippen molar-refractivity contribution in [1.29, 1.82) is 0 Å². The third-order valence-electron chi connectivity index (χ3n) is 4.82. The largest absolute Gasteiger partial charge is 0.329 e. The average molecular weight is 370 g/mol. The Morgan fingerprint density at radius 3 is 2.79 bits per heavy atom. The average Bonchev–Trinajstić information content (AvgIpc) is 2.55. The fourth-order valence-corrected chi connectivity index (χ4v) is 5.45. The van der Waals surface area contributed by atoms with Gasteiger partial charge in [0.2, 0.25) is 10.0 Å². The van der Waals surface area contributed by atoms with Gasteiger partial charge in [0, 0.05) is 30.7 Å². The first-order valence-corrected chi connectivity index (χ1v) is 9.47. The summed E-state index contributed by atoms with van der Waals surface area (Å²) in [6.45, 7) is 4.90. The van der Waals surface area contributed by atoms with Crippen molar-refractivity contribution in [2.45, 2.75) is 37.6 Å². The van der Waals surface area contributed by atoms with Crippen molar-refractivity contribution in [1.82, 2.24) is 9.29 Å². The molecular formula is C17H24ClN3O2S. The van der Waals surface area contributed by atoms with Crippen molar-refractivity contribution in [2.24, 2.45) is 11.7 Å². The number of halogens is 1. The van der Waals surface area contributed by atoms with E-state index in [0.717, 1.165) is 23.9 Å². The Kier molecular flexibility index (Phi) is 5.86. The van der Waals surface area contributed by atoms with Crippen LogP contribution >= 0.6 is 12.4 Å². The van der Waals surface area contributed by atoms with Crippen molar-refractivity contribution < 1.29 is 8.42 Å². The summed E-state index contributed by atoms with van der Waals surface area (Å²) in [5, 5.41) is 0.682. The molecule has 3 rings (SSSR count). The van der Waals surface area contributed by atoms with Crippen LogP contribution in [-0.4, -0.2) is 36.8 Å². The third kappa shape index (κ3) is 3.16. The van der Waals surface area contributed by atoms with Gasteiger partial charge in [0.1, 0.15) is 0 Å². The number of hydrogen-bond donors (Lipinski definition) is 1. The lowest BCUT2D eigenvalue weighted by molar-refractivity contribution is 0.192. The van der Waals surface area contributed by atoms with Crippen LogP contribution < -0.4 is 5.73 Å². The molecule has 0 spiro atoms. The van der Waals surface area contributed by atoms with Crippen molar-refractivity contribution >= 4 is 33.3 Å². The summed E-state index contributed by atoms with van der Waals surface area (Å²) in [5.74, 6) is 0.276. The van der Waals surface area contributed by atoms with E-state index in [-0.39, 0.29) is 24.4 Å². The van der Waals surface area contributed by atoms with E-state index >= 15 is 0 Å². The number of aryl methyl sites for hydroxylation is 1. The maximum absolute atomic E-state index is 13.3. The molecule has 2 aromatic rings. The molecule has 24 heavy (non-hydrogen) atoms. The first-order chi connectivity index (χ1) is 11.0. The zero-order valence-electron chi connectivity index (χ0n) is 14.0. The monoisotopic (exact) mass is 369 g/mol. The lowest BCUT2D eigenvalue weighted by Crippen LogP contribution is -2.51. The first kappa shape index (κ1) is 19.1. The molecule has 2 heterocycles. The number of benzene rings is 1. The fourth-order valence-electron chi connectivity index (χ4n) is 3.50. The normalized spacial score (nSPS) is 22.3. The number of hydrogen-bond acceptors (Lipinski definition) is 4. The number of fused-ring (bicyclic) bond motifs is 1. The molecule has 7 heteroatoms. The molecular weight excluding hydrogens is 346 g/mol. The van der Waals surface area contributed by atoms with Gasteiger partial charge in [-0.3, -0.25) is 4.98 Å². The Hall–Kier alpha value is -1.21. The molecule has 2 N–H and O–H groups in total. The standard InChI is InChI=1S/C17H23N3O2S.ClH/c1-12-5-4-10-20(15(12)11-18)23(21,22)16-8-7-13(2)17-14(16)6-3-9-19-17;/h3,6-9,12,15H,4-5,10-11,18H2,1-2H3;1H. The number of pyridine rings is 1. The Morgan fingerprint density at radius 1 is 1.33 bits per heavy atom.